The maximum Gasteiger partial charge on any atom is 0.417 e. The first kappa shape index (κ1) is 22.8. The number of hydrogen-bond donors (Lipinski definition) is 4. The molecule has 5 N–H and O–H groups in total. The number of halogens is 3. The van der Waals surface area contributed by atoms with Crippen molar-refractivity contribution in [3.63, 3.8) is 0 Å². The van der Waals surface area contributed by atoms with Gasteiger partial charge in [0.05, 0.1) is 17.4 Å². The van der Waals surface area contributed by atoms with E-state index in [9.17, 15) is 13.2 Å². The molecule has 0 aromatic carbocycles. The van der Waals surface area contributed by atoms with E-state index in [0.29, 0.717) is 35.4 Å². The van der Waals surface area contributed by atoms with E-state index in [4.69, 9.17) is 5.73 Å². The molecule has 35 heavy (non-hydrogen) atoms. The number of anilines is 3. The molecule has 0 aliphatic carbocycles. The molecule has 1 atom stereocenters. The molecular formula is C23H24F3N9. The number of aromatic amines is 1. The van der Waals surface area contributed by atoms with Crippen molar-refractivity contribution in [1.29, 1.82) is 0 Å². The number of hydrogen-bond acceptors (Lipinski definition) is 8. The first-order valence-corrected chi connectivity index (χ1v) is 11.1. The third-order valence-electron chi connectivity index (χ3n) is 5.88. The number of fused-ring (bicyclic) bond motifs is 1. The molecule has 5 rings (SSSR count). The van der Waals surface area contributed by atoms with Crippen molar-refractivity contribution in [2.24, 2.45) is 0 Å². The molecule has 1 fully saturated rings. The van der Waals surface area contributed by atoms with Gasteiger partial charge in [-0.1, -0.05) is 6.07 Å². The monoisotopic (exact) mass is 483 g/mol. The second-order valence-corrected chi connectivity index (χ2v) is 8.50. The summed E-state index contributed by atoms with van der Waals surface area (Å²) in [4.78, 5) is 22.2. The molecule has 5 heterocycles. The molecular weight excluding hydrogens is 459 g/mol. The van der Waals surface area contributed by atoms with Crippen LogP contribution in [0.15, 0.2) is 43.0 Å². The number of aromatic nitrogens is 5. The van der Waals surface area contributed by atoms with Crippen LogP contribution in [0.4, 0.5) is 30.6 Å². The number of pyridine rings is 2. The Morgan fingerprint density at radius 2 is 2.03 bits per heavy atom. The third kappa shape index (κ3) is 4.83. The average Bonchev–Trinajstić information content (AvgIpc) is 3.26. The highest BCUT2D eigenvalue weighted by molar-refractivity contribution is 5.95. The molecule has 0 bridgehead atoms. The van der Waals surface area contributed by atoms with Gasteiger partial charge in [-0.25, -0.2) is 19.9 Å². The fourth-order valence-corrected chi connectivity index (χ4v) is 4.08. The number of alkyl halides is 3. The zero-order valence-electron chi connectivity index (χ0n) is 18.9. The largest absolute Gasteiger partial charge is 0.417 e. The lowest BCUT2D eigenvalue weighted by molar-refractivity contribution is -0.137. The van der Waals surface area contributed by atoms with E-state index in [1.807, 2.05) is 12.1 Å². The lowest BCUT2D eigenvalue weighted by Crippen LogP contribution is -2.49. The van der Waals surface area contributed by atoms with Crippen LogP contribution in [0.5, 0.6) is 0 Å². The Kier molecular flexibility index (Phi) is 5.89. The summed E-state index contributed by atoms with van der Waals surface area (Å²) in [5, 5.41) is 6.82. The molecule has 12 heteroatoms. The third-order valence-corrected chi connectivity index (χ3v) is 5.88. The fraction of sp³-hybridized carbons (Fsp3) is 0.304. The van der Waals surface area contributed by atoms with E-state index in [1.165, 1.54) is 6.20 Å². The zero-order valence-corrected chi connectivity index (χ0v) is 18.9. The lowest BCUT2D eigenvalue weighted by atomic mass is 10.1. The fourth-order valence-electron chi connectivity index (χ4n) is 4.08. The molecule has 0 radical (unpaired) electrons. The number of nitrogens with one attached hydrogen (secondary N) is 3. The van der Waals surface area contributed by atoms with Crippen LogP contribution in [0.3, 0.4) is 0 Å². The number of nitrogens with two attached hydrogens (primary N) is 1. The first-order chi connectivity index (χ1) is 16.8. The van der Waals surface area contributed by atoms with Gasteiger partial charge in [0.15, 0.2) is 0 Å². The van der Waals surface area contributed by atoms with Gasteiger partial charge in [-0.2, -0.15) is 13.2 Å². The van der Waals surface area contributed by atoms with Crippen LogP contribution in [0.25, 0.3) is 22.3 Å². The molecule has 9 nitrogen and oxygen atoms in total. The van der Waals surface area contributed by atoms with Crippen molar-refractivity contribution >= 4 is 28.5 Å². The van der Waals surface area contributed by atoms with Crippen LogP contribution >= 0.6 is 0 Å². The van der Waals surface area contributed by atoms with Crippen LogP contribution in [-0.2, 0) is 12.7 Å². The average molecular weight is 484 g/mol. The summed E-state index contributed by atoms with van der Waals surface area (Å²) in [6.45, 7) is 5.30. The van der Waals surface area contributed by atoms with Gasteiger partial charge < -0.3 is 26.3 Å². The van der Waals surface area contributed by atoms with Crippen molar-refractivity contribution < 1.29 is 13.2 Å². The number of H-pyrrole nitrogens is 1. The minimum atomic E-state index is -4.51. The Morgan fingerprint density at radius 1 is 1.17 bits per heavy atom. The topological polar surface area (TPSA) is 121 Å². The van der Waals surface area contributed by atoms with Crippen molar-refractivity contribution in [3.8, 4) is 11.3 Å². The highest BCUT2D eigenvalue weighted by Crippen LogP contribution is 2.35. The number of piperazine rings is 1. The van der Waals surface area contributed by atoms with E-state index < -0.39 is 11.7 Å². The molecule has 1 aliphatic rings. The molecule has 0 spiro atoms. The normalized spacial score (nSPS) is 16.6. The maximum absolute atomic E-state index is 13.2. The van der Waals surface area contributed by atoms with Gasteiger partial charge in [-0.3, -0.25) is 0 Å². The molecule has 4 aromatic heterocycles. The molecule has 1 aliphatic heterocycles. The summed E-state index contributed by atoms with van der Waals surface area (Å²) >= 11 is 0. The van der Waals surface area contributed by atoms with E-state index in [-0.39, 0.29) is 11.1 Å². The Hall–Kier alpha value is -3.93. The molecule has 0 amide bonds. The minimum Gasteiger partial charge on any atom is -0.396 e. The quantitative estimate of drug-likeness (QED) is 0.341. The van der Waals surface area contributed by atoms with Crippen LogP contribution in [0.1, 0.15) is 18.1 Å². The van der Waals surface area contributed by atoms with Gasteiger partial charge >= 0.3 is 6.18 Å². The SMILES string of the molecule is C[C@@H]1CN(c2ccc(CNc3ncc(N)c(-c4c[nH]c5ncc(C(F)(F)F)cc45)n3)cn2)CCN1. The zero-order chi connectivity index (χ0) is 24.6. The second kappa shape index (κ2) is 9.02. The molecule has 182 valence electrons. The van der Waals surface area contributed by atoms with Gasteiger partial charge in [0.2, 0.25) is 5.95 Å². The van der Waals surface area contributed by atoms with Crippen LogP contribution in [0.2, 0.25) is 0 Å². The van der Waals surface area contributed by atoms with Crippen molar-refractivity contribution in [3.05, 3.63) is 54.1 Å². The van der Waals surface area contributed by atoms with E-state index in [1.54, 1.807) is 12.4 Å². The minimum absolute atomic E-state index is 0.241. The molecule has 0 saturated carbocycles. The van der Waals surface area contributed by atoms with Crippen LogP contribution in [0, 0.1) is 0 Å². The van der Waals surface area contributed by atoms with Gasteiger partial charge in [0.1, 0.15) is 17.2 Å². The van der Waals surface area contributed by atoms with E-state index >= 15 is 0 Å². The van der Waals surface area contributed by atoms with Crippen LogP contribution in [-0.4, -0.2) is 50.6 Å². The summed E-state index contributed by atoms with van der Waals surface area (Å²) in [5.41, 5.74) is 7.44. The Morgan fingerprint density at radius 3 is 2.77 bits per heavy atom. The molecule has 4 aromatic rings. The Bertz CT molecular complexity index is 1330. The predicted octanol–water partition coefficient (Wildman–Crippen LogP) is 3.43. The van der Waals surface area contributed by atoms with E-state index in [2.05, 4.69) is 47.4 Å². The predicted molar refractivity (Wildman–Crippen MR) is 128 cm³/mol. The number of nitrogens with zero attached hydrogens (tertiary/aromatic N) is 5. The van der Waals surface area contributed by atoms with Crippen LogP contribution < -0.4 is 21.3 Å². The lowest BCUT2D eigenvalue weighted by Gasteiger charge is -2.32. The van der Waals surface area contributed by atoms with Crippen molar-refractivity contribution in [2.75, 3.05) is 35.6 Å². The highest BCUT2D eigenvalue weighted by Gasteiger charge is 2.31. The summed E-state index contributed by atoms with van der Waals surface area (Å²) in [6, 6.07) is 5.43. The summed E-state index contributed by atoms with van der Waals surface area (Å²) in [5.74, 6) is 1.22. The Labute approximate surface area is 199 Å². The standard InChI is InChI=1S/C23H24F3N9/c1-13-12-35(5-4-28-13)19-3-2-14(7-29-19)8-32-22-33-11-18(27)20(34-22)17-10-31-21-16(17)6-15(9-30-21)23(24,25)26/h2-3,6-7,9-11,13,28H,4-5,8,12,27H2,1H3,(H,30,31)(H,32,33,34)/t13-/m1/s1. The van der Waals surface area contributed by atoms with Gasteiger partial charge in [-0.05, 0) is 24.6 Å². The second-order valence-electron chi connectivity index (χ2n) is 8.50. The summed E-state index contributed by atoms with van der Waals surface area (Å²) < 4.78 is 39.6. The van der Waals surface area contributed by atoms with Gasteiger partial charge in [0.25, 0.3) is 0 Å². The maximum atomic E-state index is 13.2. The van der Waals surface area contributed by atoms with Gasteiger partial charge in [-0.15, -0.1) is 0 Å². The molecule has 1 saturated heterocycles. The van der Waals surface area contributed by atoms with E-state index in [0.717, 1.165) is 43.3 Å². The summed E-state index contributed by atoms with van der Waals surface area (Å²) in [6.07, 6.45) is 1.06. The highest BCUT2D eigenvalue weighted by atomic mass is 19.4. The number of rotatable bonds is 5. The summed E-state index contributed by atoms with van der Waals surface area (Å²) in [7, 11) is 0. The van der Waals surface area contributed by atoms with Gasteiger partial charge in [0, 0.05) is 61.8 Å². The molecule has 0 unspecified atom stereocenters. The first-order valence-electron chi connectivity index (χ1n) is 11.1. The smallest absolute Gasteiger partial charge is 0.396 e. The van der Waals surface area contributed by atoms with Crippen molar-refractivity contribution in [2.45, 2.75) is 25.7 Å². The Balaban J connectivity index is 1.34. The number of nitrogen functional groups attached to an aromatic ring is 1. The van der Waals surface area contributed by atoms with Crippen molar-refractivity contribution in [1.82, 2.24) is 30.2 Å².